The molecule has 0 saturated heterocycles. The van der Waals surface area contributed by atoms with Crippen molar-refractivity contribution < 1.29 is 14.9 Å². The van der Waals surface area contributed by atoms with Crippen LogP contribution in [0.3, 0.4) is 0 Å². The molecule has 1 rings (SSSR count). The molecule has 0 aliphatic carbocycles. The molecule has 0 spiro atoms. The first-order valence-corrected chi connectivity index (χ1v) is 9.52. The van der Waals surface area contributed by atoms with Crippen LogP contribution in [-0.2, 0) is 24.7 Å². The van der Waals surface area contributed by atoms with Crippen molar-refractivity contribution in [1.82, 2.24) is 9.78 Å². The van der Waals surface area contributed by atoms with Gasteiger partial charge in [-0.2, -0.15) is 5.10 Å². The molecule has 0 aromatic carbocycles. The maximum Gasteiger partial charge on any atom is 0.139 e. The summed E-state index contributed by atoms with van der Waals surface area (Å²) in [6.45, 7) is 7.74. The fraction of sp³-hybridized carbons (Fsp3) is 0.727. The Morgan fingerprint density at radius 2 is 2.00 bits per heavy atom. The predicted octanol–water partition coefficient (Wildman–Crippen LogP) is 1.18. The number of rotatable bonds is 7. The van der Waals surface area contributed by atoms with Gasteiger partial charge in [0.1, 0.15) is 6.73 Å². The molecule has 0 atom stereocenters. The lowest BCUT2D eigenvalue weighted by atomic mass is 10.4. The Kier molecular flexibility index (Phi) is 5.32. The van der Waals surface area contributed by atoms with Crippen molar-refractivity contribution >= 4 is 8.07 Å². The number of aliphatic hydroxyl groups is 2. The first-order chi connectivity index (χ1) is 7.96. The molecule has 1 aromatic heterocycles. The fourth-order valence-electron chi connectivity index (χ4n) is 1.36. The third kappa shape index (κ3) is 4.99. The number of aliphatic hydroxyl groups excluding tert-OH is 2. The molecule has 0 bridgehead atoms. The van der Waals surface area contributed by atoms with Crippen molar-refractivity contribution in [3.8, 4) is 0 Å². The van der Waals surface area contributed by atoms with Gasteiger partial charge in [0.15, 0.2) is 0 Å². The van der Waals surface area contributed by atoms with Crippen LogP contribution in [0.25, 0.3) is 0 Å². The minimum absolute atomic E-state index is 0.0929. The summed E-state index contributed by atoms with van der Waals surface area (Å²) in [4.78, 5) is 0. The summed E-state index contributed by atoms with van der Waals surface area (Å²) in [5.74, 6) is 0. The van der Waals surface area contributed by atoms with Crippen LogP contribution in [0.1, 0.15) is 11.4 Å². The number of hydrogen-bond donors (Lipinski definition) is 2. The summed E-state index contributed by atoms with van der Waals surface area (Å²) in [6, 6.07) is 2.79. The zero-order valence-corrected chi connectivity index (χ0v) is 11.8. The number of ether oxygens (including phenoxy) is 1. The number of aromatic nitrogens is 2. The molecule has 0 radical (unpaired) electrons. The predicted molar refractivity (Wildman–Crippen MR) is 68.2 cm³/mol. The van der Waals surface area contributed by atoms with Crippen LogP contribution in [0.15, 0.2) is 6.07 Å². The van der Waals surface area contributed by atoms with Crippen molar-refractivity contribution in [3.05, 3.63) is 17.5 Å². The van der Waals surface area contributed by atoms with Gasteiger partial charge in [-0.25, -0.2) is 4.68 Å². The largest absolute Gasteiger partial charge is 0.390 e. The normalized spacial score (nSPS) is 12.1. The highest BCUT2D eigenvalue weighted by atomic mass is 28.3. The second-order valence-electron chi connectivity index (χ2n) is 5.29. The third-order valence-corrected chi connectivity index (χ3v) is 4.15. The number of hydrogen-bond acceptors (Lipinski definition) is 4. The summed E-state index contributed by atoms with van der Waals surface area (Å²) in [5.41, 5.74) is 1.23. The van der Waals surface area contributed by atoms with Gasteiger partial charge in [0.25, 0.3) is 0 Å². The molecule has 0 fully saturated rings. The number of nitrogens with zero attached hydrogens (tertiary/aromatic N) is 2. The maximum atomic E-state index is 9.12. The Morgan fingerprint density at radius 1 is 1.29 bits per heavy atom. The van der Waals surface area contributed by atoms with Crippen molar-refractivity contribution in [2.45, 2.75) is 45.6 Å². The van der Waals surface area contributed by atoms with E-state index in [1.807, 2.05) is 0 Å². The SMILES string of the molecule is C[Si](C)(C)CCOCn1nc(CO)cc1CO. The Balaban J connectivity index is 2.43. The minimum Gasteiger partial charge on any atom is -0.390 e. The fourth-order valence-corrected chi connectivity index (χ4v) is 2.12. The minimum atomic E-state index is -1.06. The summed E-state index contributed by atoms with van der Waals surface area (Å²) >= 11 is 0. The van der Waals surface area contributed by atoms with Crippen molar-refractivity contribution in [2.75, 3.05) is 6.61 Å². The molecule has 0 aliphatic heterocycles. The van der Waals surface area contributed by atoms with Gasteiger partial charge in [-0.1, -0.05) is 19.6 Å². The average molecular weight is 258 g/mol. The van der Waals surface area contributed by atoms with Gasteiger partial charge in [-0.05, 0) is 12.1 Å². The Morgan fingerprint density at radius 3 is 2.53 bits per heavy atom. The second kappa shape index (κ2) is 6.30. The smallest absolute Gasteiger partial charge is 0.139 e. The lowest BCUT2D eigenvalue weighted by Gasteiger charge is -2.15. The lowest BCUT2D eigenvalue weighted by molar-refractivity contribution is 0.0725. The van der Waals surface area contributed by atoms with E-state index in [0.29, 0.717) is 18.1 Å². The van der Waals surface area contributed by atoms with Crippen LogP contribution < -0.4 is 0 Å². The van der Waals surface area contributed by atoms with E-state index in [9.17, 15) is 0 Å². The highest BCUT2D eigenvalue weighted by molar-refractivity contribution is 6.76. The molecule has 98 valence electrons. The van der Waals surface area contributed by atoms with E-state index < -0.39 is 8.07 Å². The van der Waals surface area contributed by atoms with E-state index in [4.69, 9.17) is 14.9 Å². The van der Waals surface area contributed by atoms with E-state index in [1.165, 1.54) is 0 Å². The molecule has 5 nitrogen and oxygen atoms in total. The molecule has 0 saturated carbocycles. The van der Waals surface area contributed by atoms with Crippen LogP contribution in [0.2, 0.25) is 25.7 Å². The molecule has 0 unspecified atom stereocenters. The van der Waals surface area contributed by atoms with E-state index in [1.54, 1.807) is 10.7 Å². The quantitative estimate of drug-likeness (QED) is 0.569. The summed E-state index contributed by atoms with van der Waals surface area (Å²) in [5, 5.41) is 22.2. The van der Waals surface area contributed by atoms with E-state index >= 15 is 0 Å². The first-order valence-electron chi connectivity index (χ1n) is 5.81. The Labute approximate surface area is 103 Å². The monoisotopic (exact) mass is 258 g/mol. The topological polar surface area (TPSA) is 67.5 Å². The van der Waals surface area contributed by atoms with Gasteiger partial charge >= 0.3 is 0 Å². The zero-order chi connectivity index (χ0) is 12.9. The summed E-state index contributed by atoms with van der Waals surface area (Å²) in [6.07, 6.45) is 0. The van der Waals surface area contributed by atoms with Gasteiger partial charge in [-0.15, -0.1) is 0 Å². The molecule has 0 amide bonds. The summed E-state index contributed by atoms with van der Waals surface area (Å²) < 4.78 is 7.13. The van der Waals surface area contributed by atoms with Crippen molar-refractivity contribution in [3.63, 3.8) is 0 Å². The van der Waals surface area contributed by atoms with E-state index in [-0.39, 0.29) is 13.2 Å². The van der Waals surface area contributed by atoms with Crippen LogP contribution in [-0.4, -0.2) is 34.7 Å². The van der Waals surface area contributed by atoms with E-state index in [0.717, 1.165) is 12.7 Å². The molecular weight excluding hydrogens is 236 g/mol. The van der Waals surface area contributed by atoms with Crippen LogP contribution in [0.5, 0.6) is 0 Å². The maximum absolute atomic E-state index is 9.12. The Hall–Kier alpha value is -0.693. The molecule has 1 aromatic rings. The van der Waals surface area contributed by atoms with Gasteiger partial charge in [0, 0.05) is 14.7 Å². The highest BCUT2D eigenvalue weighted by Crippen LogP contribution is 2.09. The lowest BCUT2D eigenvalue weighted by Crippen LogP contribution is -2.22. The van der Waals surface area contributed by atoms with Gasteiger partial charge in [0.05, 0.1) is 24.6 Å². The molecule has 1 heterocycles. The standard InChI is InChI=1S/C11H22N2O3Si/c1-17(2,3)5-4-16-9-13-11(8-15)6-10(7-14)12-13/h6,14-15H,4-5,7-9H2,1-3H3. The van der Waals surface area contributed by atoms with Crippen LogP contribution >= 0.6 is 0 Å². The molecule has 2 N–H and O–H groups in total. The first kappa shape index (κ1) is 14.4. The Bertz CT molecular complexity index is 347. The molecule has 0 aliphatic rings. The van der Waals surface area contributed by atoms with Crippen molar-refractivity contribution in [2.24, 2.45) is 0 Å². The molecule has 6 heteroatoms. The molecular formula is C11H22N2O3Si. The third-order valence-electron chi connectivity index (χ3n) is 2.45. The van der Waals surface area contributed by atoms with E-state index in [2.05, 4.69) is 24.7 Å². The van der Waals surface area contributed by atoms with Gasteiger partial charge in [-0.3, -0.25) is 0 Å². The van der Waals surface area contributed by atoms with Crippen LogP contribution in [0.4, 0.5) is 0 Å². The molecule has 17 heavy (non-hydrogen) atoms. The summed E-state index contributed by atoms with van der Waals surface area (Å²) in [7, 11) is -1.06. The van der Waals surface area contributed by atoms with Crippen molar-refractivity contribution in [1.29, 1.82) is 0 Å². The second-order valence-corrected chi connectivity index (χ2v) is 10.9. The van der Waals surface area contributed by atoms with Gasteiger partial charge < -0.3 is 14.9 Å². The zero-order valence-electron chi connectivity index (χ0n) is 10.8. The average Bonchev–Trinajstić information content (AvgIpc) is 2.65. The van der Waals surface area contributed by atoms with Crippen LogP contribution in [0, 0.1) is 0 Å². The highest BCUT2D eigenvalue weighted by Gasteiger charge is 2.12. The van der Waals surface area contributed by atoms with Gasteiger partial charge in [0.2, 0.25) is 0 Å².